The highest BCUT2D eigenvalue weighted by Gasteiger charge is 2.20. The molecule has 0 radical (unpaired) electrons. The van der Waals surface area contributed by atoms with Gasteiger partial charge in [0.1, 0.15) is 18.0 Å². The number of hydrogen-bond donors (Lipinski definition) is 0. The minimum Gasteiger partial charge on any atom is -1.00 e. The lowest BCUT2D eigenvalue weighted by Crippen LogP contribution is -3.00. The van der Waals surface area contributed by atoms with Crippen LogP contribution in [0.5, 0.6) is 0 Å². The van der Waals surface area contributed by atoms with E-state index in [2.05, 4.69) is 21.9 Å². The summed E-state index contributed by atoms with van der Waals surface area (Å²) < 4.78 is 4.00. The molecule has 19 heavy (non-hydrogen) atoms. The summed E-state index contributed by atoms with van der Waals surface area (Å²) in [6.07, 6.45) is 8.64. The van der Waals surface area contributed by atoms with Crippen molar-refractivity contribution < 1.29 is 24.0 Å². The highest BCUT2D eigenvalue weighted by molar-refractivity contribution is 7.99. The zero-order valence-corrected chi connectivity index (χ0v) is 15.2. The van der Waals surface area contributed by atoms with Crippen LogP contribution in [0.1, 0.15) is 12.8 Å². The monoisotopic (exact) mass is 422 g/mol. The Balaban J connectivity index is 0.00000133. The molecule has 0 bridgehead atoms. The maximum Gasteiger partial charge on any atom is 0.281 e. The van der Waals surface area contributed by atoms with E-state index >= 15 is 0 Å². The number of halogens is 1. The van der Waals surface area contributed by atoms with Crippen LogP contribution in [0.15, 0.2) is 29.4 Å². The molecule has 1 saturated heterocycles. The summed E-state index contributed by atoms with van der Waals surface area (Å²) in [7, 11) is 3.79. The molecule has 0 N–H and O–H groups in total. The third-order valence-electron chi connectivity index (χ3n) is 3.13. The van der Waals surface area contributed by atoms with Gasteiger partial charge in [0.05, 0.1) is 4.88 Å². The van der Waals surface area contributed by atoms with E-state index in [1.54, 1.807) is 0 Å². The molecule has 3 rings (SSSR count). The molecule has 0 saturated carbocycles. The highest BCUT2D eigenvalue weighted by Crippen LogP contribution is 2.33. The Morgan fingerprint density at radius 2 is 2.05 bits per heavy atom. The Morgan fingerprint density at radius 3 is 2.68 bits per heavy atom. The first-order valence-corrected chi connectivity index (χ1v) is 9.43. The van der Waals surface area contributed by atoms with Crippen molar-refractivity contribution in [1.29, 1.82) is 0 Å². The molecular weight excluding hydrogens is 407 g/mol. The van der Waals surface area contributed by atoms with Gasteiger partial charge in [-0.05, 0) is 22.7 Å². The number of hydrogen-bond acceptors (Lipinski definition) is 4. The summed E-state index contributed by atoms with van der Waals surface area (Å²) in [5.74, 6) is 0. The maximum absolute atomic E-state index is 4.23. The first-order valence-electron chi connectivity index (χ1n) is 6.05. The Hall–Kier alpha value is 0.0800. The van der Waals surface area contributed by atoms with Gasteiger partial charge in [-0.3, -0.25) is 4.98 Å². The topological polar surface area (TPSA) is 15.9 Å². The van der Waals surface area contributed by atoms with E-state index in [-0.39, 0.29) is 24.0 Å². The smallest absolute Gasteiger partial charge is 0.281 e. The molecule has 1 fully saturated rings. The second-order valence-electron chi connectivity index (χ2n) is 4.27. The normalized spacial score (nSPS) is 14.5. The molecule has 0 amide bonds. The summed E-state index contributed by atoms with van der Waals surface area (Å²) in [6, 6.07) is 4.17. The second kappa shape index (κ2) is 7.19. The number of rotatable bonds is 2. The summed E-state index contributed by atoms with van der Waals surface area (Å²) >= 11 is 1.86. The van der Waals surface area contributed by atoms with Crippen LogP contribution in [0.3, 0.4) is 0 Å². The standard InChI is InChI=1S/C13H15N2S3.HI/c1-16-12-11(10-5-4-6-14-9-10)17-18-13(12)15-7-2-3-8-15;/h4-6,9H,2-3,7-8H2,1H3;1H/q+1;/p-1. The Labute approximate surface area is 142 Å². The van der Waals surface area contributed by atoms with Crippen molar-refractivity contribution in [1.82, 2.24) is 9.56 Å². The first-order chi connectivity index (χ1) is 8.90. The Kier molecular flexibility index (Phi) is 5.86. The van der Waals surface area contributed by atoms with E-state index in [4.69, 9.17) is 0 Å². The molecule has 6 heteroatoms. The van der Waals surface area contributed by atoms with Crippen molar-refractivity contribution in [3.8, 4) is 10.4 Å². The zero-order valence-electron chi connectivity index (χ0n) is 10.6. The van der Waals surface area contributed by atoms with Gasteiger partial charge in [-0.25, -0.2) is 4.58 Å². The first kappa shape index (κ1) is 15.5. The van der Waals surface area contributed by atoms with Crippen LogP contribution >= 0.6 is 32.4 Å². The SMILES string of the molecule is CSc1c(-c2cccnc2)ssc1=[N+]1CCCC1.[I-]. The lowest BCUT2D eigenvalue weighted by atomic mass is 10.2. The van der Waals surface area contributed by atoms with Gasteiger partial charge in [0.25, 0.3) is 4.67 Å². The second-order valence-corrected chi connectivity index (χ2v) is 7.21. The number of pyridine rings is 1. The van der Waals surface area contributed by atoms with Crippen LogP contribution in [0, 0.1) is 0 Å². The lowest BCUT2D eigenvalue weighted by molar-refractivity contribution is -0.00000351. The molecule has 0 atom stereocenters. The Bertz CT molecular complexity index is 596. The van der Waals surface area contributed by atoms with Crippen molar-refractivity contribution in [2.75, 3.05) is 19.3 Å². The maximum atomic E-state index is 4.23. The van der Waals surface area contributed by atoms with Crippen LogP contribution < -0.4 is 33.2 Å². The summed E-state index contributed by atoms with van der Waals surface area (Å²) in [4.78, 5) is 7.04. The van der Waals surface area contributed by atoms with Gasteiger partial charge >= 0.3 is 0 Å². The van der Waals surface area contributed by atoms with Gasteiger partial charge in [-0.15, -0.1) is 11.8 Å². The fourth-order valence-electron chi connectivity index (χ4n) is 2.23. The highest BCUT2D eigenvalue weighted by atomic mass is 127. The quantitative estimate of drug-likeness (QED) is 0.297. The van der Waals surface area contributed by atoms with E-state index in [0.29, 0.717) is 0 Å². The number of nitrogens with zero attached hydrogens (tertiary/aromatic N) is 2. The van der Waals surface area contributed by atoms with Gasteiger partial charge in [0, 0.05) is 30.8 Å². The van der Waals surface area contributed by atoms with Crippen LogP contribution in [-0.4, -0.2) is 24.3 Å². The third-order valence-corrected chi connectivity index (χ3v) is 6.72. The van der Waals surface area contributed by atoms with Crippen LogP contribution in [0.2, 0.25) is 0 Å². The molecule has 0 unspecified atom stereocenters. The molecule has 3 heterocycles. The fourth-order valence-corrected chi connectivity index (χ4v) is 6.57. The van der Waals surface area contributed by atoms with Gasteiger partial charge < -0.3 is 24.0 Å². The number of thioether (sulfide) groups is 1. The average molecular weight is 422 g/mol. The minimum absolute atomic E-state index is 0. The van der Waals surface area contributed by atoms with Crippen LogP contribution in [0.25, 0.3) is 10.4 Å². The molecule has 0 aliphatic carbocycles. The predicted octanol–water partition coefficient (Wildman–Crippen LogP) is 0.163. The van der Waals surface area contributed by atoms with Crippen molar-refractivity contribution in [2.45, 2.75) is 17.7 Å². The fraction of sp³-hybridized carbons (Fsp3) is 0.385. The van der Waals surface area contributed by atoms with Gasteiger partial charge in [-0.2, -0.15) is 0 Å². The molecule has 1 aliphatic heterocycles. The molecule has 0 spiro atoms. The van der Waals surface area contributed by atoms with E-state index < -0.39 is 0 Å². The zero-order chi connectivity index (χ0) is 12.4. The van der Waals surface area contributed by atoms with E-state index in [9.17, 15) is 0 Å². The molecule has 2 nitrogen and oxygen atoms in total. The van der Waals surface area contributed by atoms with Crippen LogP contribution in [0.4, 0.5) is 0 Å². The van der Waals surface area contributed by atoms with Crippen molar-refractivity contribution in [3.63, 3.8) is 0 Å². The third kappa shape index (κ3) is 3.22. The van der Waals surface area contributed by atoms with E-state index in [1.165, 1.54) is 45.9 Å². The molecule has 1 aliphatic rings. The number of aromatic nitrogens is 1. The molecular formula is C13H15IN2S3. The van der Waals surface area contributed by atoms with Crippen molar-refractivity contribution in [2.24, 2.45) is 0 Å². The average Bonchev–Trinajstić information content (AvgIpc) is 3.08. The Morgan fingerprint density at radius 1 is 1.26 bits per heavy atom. The van der Waals surface area contributed by atoms with Gasteiger partial charge in [0.15, 0.2) is 0 Å². The van der Waals surface area contributed by atoms with E-state index in [1.807, 2.05) is 50.9 Å². The molecule has 102 valence electrons. The van der Waals surface area contributed by atoms with Crippen LogP contribution in [-0.2, 0) is 0 Å². The summed E-state index contributed by atoms with van der Waals surface area (Å²) in [6.45, 7) is 2.43. The van der Waals surface area contributed by atoms with E-state index in [0.717, 1.165) is 0 Å². The van der Waals surface area contributed by atoms with Gasteiger partial charge in [0.2, 0.25) is 0 Å². The summed E-state index contributed by atoms with van der Waals surface area (Å²) in [5, 5.41) is 0. The minimum atomic E-state index is 0. The lowest BCUT2D eigenvalue weighted by Gasteiger charge is -1.98. The molecule has 2 aromatic heterocycles. The van der Waals surface area contributed by atoms with Crippen molar-refractivity contribution in [3.05, 3.63) is 29.2 Å². The van der Waals surface area contributed by atoms with Gasteiger partial charge in [-0.1, -0.05) is 16.4 Å². The largest absolute Gasteiger partial charge is 1.00 e. The van der Waals surface area contributed by atoms with Crippen molar-refractivity contribution >= 4 is 32.4 Å². The molecule has 0 aromatic carbocycles. The summed E-state index contributed by atoms with van der Waals surface area (Å²) in [5.41, 5.74) is 1.24. The molecule has 2 aromatic rings. The predicted molar refractivity (Wildman–Crippen MR) is 81.4 cm³/mol.